The summed E-state index contributed by atoms with van der Waals surface area (Å²) in [6.45, 7) is 2.32. The van der Waals surface area contributed by atoms with Crippen molar-refractivity contribution in [1.82, 2.24) is 0 Å². The monoisotopic (exact) mass is 324 g/mol. The molecule has 0 radical (unpaired) electrons. The Morgan fingerprint density at radius 1 is 1.00 bits per heavy atom. The molecule has 1 aliphatic carbocycles. The number of hydrogen-bond donors (Lipinski definition) is 0. The second-order valence-corrected chi connectivity index (χ2v) is 9.53. The van der Waals surface area contributed by atoms with Gasteiger partial charge < -0.3 is 4.57 Å². The molecule has 120 valence electrons. The normalized spacial score (nSPS) is 20.6. The van der Waals surface area contributed by atoms with Crippen LogP contribution in [0.1, 0.15) is 32.6 Å². The van der Waals surface area contributed by atoms with Gasteiger partial charge in [-0.25, -0.2) is 0 Å². The summed E-state index contributed by atoms with van der Waals surface area (Å²) in [4.78, 5) is 0. The highest BCUT2D eigenvalue weighted by atomic mass is 31.2. The van der Waals surface area contributed by atoms with Crippen LogP contribution >= 0.6 is 7.14 Å². The Hall–Kier alpha value is -1.59. The molecule has 0 amide bonds. The summed E-state index contributed by atoms with van der Waals surface area (Å²) in [5, 5.41) is 1.93. The van der Waals surface area contributed by atoms with Crippen molar-refractivity contribution in [2.45, 2.75) is 32.6 Å². The molecule has 0 aliphatic heterocycles. The number of rotatable bonds is 4. The second kappa shape index (κ2) is 7.32. The fraction of sp³-hybridized carbons (Fsp3) is 0.333. The average Bonchev–Trinajstić information content (AvgIpc) is 2.61. The van der Waals surface area contributed by atoms with Gasteiger partial charge in [0, 0.05) is 16.8 Å². The molecular formula is C21H25OP. The maximum absolute atomic E-state index is 13.9. The molecule has 1 aliphatic rings. The van der Waals surface area contributed by atoms with Crippen molar-refractivity contribution in [3.63, 3.8) is 0 Å². The molecule has 0 N–H and O–H groups in total. The zero-order valence-corrected chi connectivity index (χ0v) is 14.7. The Morgan fingerprint density at radius 2 is 1.57 bits per heavy atom. The minimum atomic E-state index is -2.59. The summed E-state index contributed by atoms with van der Waals surface area (Å²) in [6.07, 6.45) is 7.86. The topological polar surface area (TPSA) is 17.1 Å². The van der Waals surface area contributed by atoms with Crippen LogP contribution in [0.2, 0.25) is 0 Å². The van der Waals surface area contributed by atoms with Crippen LogP contribution in [0.4, 0.5) is 0 Å². The summed E-state index contributed by atoms with van der Waals surface area (Å²) in [5.41, 5.74) is 1.50. The molecule has 23 heavy (non-hydrogen) atoms. The molecule has 2 aromatic carbocycles. The van der Waals surface area contributed by atoms with Crippen molar-refractivity contribution in [1.29, 1.82) is 0 Å². The Bertz CT molecular complexity index is 660. The predicted octanol–water partition coefficient (Wildman–Crippen LogP) is 5.14. The van der Waals surface area contributed by atoms with E-state index < -0.39 is 7.14 Å². The molecule has 0 spiro atoms. The van der Waals surface area contributed by atoms with Crippen LogP contribution in [-0.2, 0) is 4.57 Å². The van der Waals surface area contributed by atoms with Gasteiger partial charge in [0.25, 0.3) is 0 Å². The molecular weight excluding hydrogens is 299 g/mol. The van der Waals surface area contributed by atoms with E-state index in [-0.39, 0.29) is 0 Å². The van der Waals surface area contributed by atoms with Gasteiger partial charge in [-0.1, -0.05) is 85.7 Å². The Labute approximate surface area is 139 Å². The number of allylic oxidation sites excluding steroid dienone is 2. The highest BCUT2D eigenvalue weighted by Crippen LogP contribution is 2.44. The van der Waals surface area contributed by atoms with Gasteiger partial charge >= 0.3 is 0 Å². The van der Waals surface area contributed by atoms with Gasteiger partial charge in [0.1, 0.15) is 7.14 Å². The van der Waals surface area contributed by atoms with Crippen molar-refractivity contribution >= 4 is 17.8 Å². The molecule has 3 rings (SSSR count). The van der Waals surface area contributed by atoms with E-state index in [9.17, 15) is 4.57 Å². The van der Waals surface area contributed by atoms with Gasteiger partial charge in [0.05, 0.1) is 0 Å². The predicted molar refractivity (Wildman–Crippen MR) is 100 cm³/mol. The third-order valence-corrected chi connectivity index (χ3v) is 7.75. The van der Waals surface area contributed by atoms with Crippen molar-refractivity contribution in [2.24, 2.45) is 5.92 Å². The van der Waals surface area contributed by atoms with Crippen LogP contribution in [0.15, 0.2) is 72.3 Å². The summed E-state index contributed by atoms with van der Waals surface area (Å²) in [5.74, 6) is 0.767. The maximum atomic E-state index is 13.9. The molecule has 2 aromatic rings. The third kappa shape index (κ3) is 3.85. The molecule has 0 aromatic heterocycles. The van der Waals surface area contributed by atoms with Crippen molar-refractivity contribution in [2.75, 3.05) is 6.16 Å². The highest BCUT2D eigenvalue weighted by Gasteiger charge is 2.26. The van der Waals surface area contributed by atoms with Gasteiger partial charge in [0.15, 0.2) is 0 Å². The molecule has 2 heteroatoms. The lowest BCUT2D eigenvalue weighted by Crippen LogP contribution is -2.18. The van der Waals surface area contributed by atoms with Crippen molar-refractivity contribution in [3.8, 4) is 0 Å². The fourth-order valence-electron chi connectivity index (χ4n) is 3.47. The number of benzene rings is 2. The van der Waals surface area contributed by atoms with E-state index in [0.717, 1.165) is 16.5 Å². The molecule has 1 saturated carbocycles. The van der Waals surface area contributed by atoms with E-state index in [4.69, 9.17) is 0 Å². The van der Waals surface area contributed by atoms with Crippen LogP contribution in [-0.4, -0.2) is 6.16 Å². The molecule has 0 saturated heterocycles. The largest absolute Gasteiger partial charge is 0.313 e. The summed E-state index contributed by atoms with van der Waals surface area (Å²) < 4.78 is 13.9. The van der Waals surface area contributed by atoms with E-state index >= 15 is 0 Å². The van der Waals surface area contributed by atoms with Crippen molar-refractivity contribution in [3.05, 3.63) is 72.3 Å². The van der Waals surface area contributed by atoms with Crippen LogP contribution < -0.4 is 10.6 Å². The Balaban J connectivity index is 1.93. The Morgan fingerprint density at radius 3 is 2.09 bits per heavy atom. The minimum absolute atomic E-state index is 0.642. The van der Waals surface area contributed by atoms with Crippen LogP contribution in [0.5, 0.6) is 0 Å². The minimum Gasteiger partial charge on any atom is -0.313 e. The fourth-order valence-corrected chi connectivity index (χ4v) is 6.01. The Kier molecular flexibility index (Phi) is 5.18. The standard InChI is InChI=1S/C21H25OP/c1-18-9-8-10-19(17-18)15-16-23(22,20-11-4-2-5-12-20)21-13-6-3-7-14-21/h2-7,11-15,18H,8-10,16-17H2,1H3/b19-15+/t18-/m0/s1. The molecule has 1 fully saturated rings. The van der Waals surface area contributed by atoms with E-state index in [1.807, 2.05) is 60.7 Å². The first-order valence-electron chi connectivity index (χ1n) is 8.57. The quantitative estimate of drug-likeness (QED) is 0.562. The van der Waals surface area contributed by atoms with Crippen molar-refractivity contribution < 1.29 is 4.57 Å². The van der Waals surface area contributed by atoms with E-state index in [1.165, 1.54) is 31.3 Å². The van der Waals surface area contributed by atoms with E-state index in [2.05, 4.69) is 13.0 Å². The summed E-state index contributed by atoms with van der Waals surface area (Å²) in [7, 11) is -2.59. The van der Waals surface area contributed by atoms with Crippen LogP contribution in [0, 0.1) is 5.92 Å². The molecule has 0 heterocycles. The molecule has 1 nitrogen and oxygen atoms in total. The molecule has 0 unspecified atom stereocenters. The van der Waals surface area contributed by atoms with Gasteiger partial charge in [0.2, 0.25) is 0 Å². The van der Waals surface area contributed by atoms with Crippen LogP contribution in [0.25, 0.3) is 0 Å². The van der Waals surface area contributed by atoms with Gasteiger partial charge in [-0.05, 0) is 25.2 Å². The summed E-state index contributed by atoms with van der Waals surface area (Å²) >= 11 is 0. The van der Waals surface area contributed by atoms with E-state index in [1.54, 1.807) is 0 Å². The smallest absolute Gasteiger partial charge is 0.146 e. The molecule has 0 bridgehead atoms. The average molecular weight is 324 g/mol. The highest BCUT2D eigenvalue weighted by molar-refractivity contribution is 7.78. The SMILES string of the molecule is C[C@H]1CCC/C(=C\CP(=O)(c2ccccc2)c2ccccc2)C1. The first-order chi connectivity index (χ1) is 11.2. The lowest BCUT2D eigenvalue weighted by Gasteiger charge is -2.22. The second-order valence-electron chi connectivity index (χ2n) is 6.66. The molecule has 1 atom stereocenters. The van der Waals surface area contributed by atoms with Crippen LogP contribution in [0.3, 0.4) is 0 Å². The zero-order valence-electron chi connectivity index (χ0n) is 13.8. The maximum Gasteiger partial charge on any atom is 0.146 e. The third-order valence-electron chi connectivity index (χ3n) is 4.79. The van der Waals surface area contributed by atoms with E-state index in [0.29, 0.717) is 6.16 Å². The first kappa shape index (κ1) is 16.3. The van der Waals surface area contributed by atoms with Gasteiger partial charge in [-0.15, -0.1) is 0 Å². The number of hydrogen-bond acceptors (Lipinski definition) is 1. The zero-order chi connectivity index (χ0) is 16.1. The lowest BCUT2D eigenvalue weighted by molar-refractivity contribution is 0.452. The lowest BCUT2D eigenvalue weighted by atomic mass is 9.87. The van der Waals surface area contributed by atoms with Gasteiger partial charge in [-0.3, -0.25) is 0 Å². The summed E-state index contributed by atoms with van der Waals surface area (Å²) in [6, 6.07) is 20.0. The first-order valence-corrected chi connectivity index (χ1v) is 10.5. The van der Waals surface area contributed by atoms with Gasteiger partial charge in [-0.2, -0.15) is 0 Å².